The maximum absolute atomic E-state index is 13.4. The lowest BCUT2D eigenvalue weighted by Crippen LogP contribution is -2.31. The number of halogens is 1. The molecule has 0 aliphatic rings. The van der Waals surface area contributed by atoms with E-state index < -0.39 is 33.9 Å². The second kappa shape index (κ2) is 5.29. The van der Waals surface area contributed by atoms with Gasteiger partial charge in [-0.25, -0.2) is 9.18 Å². The Kier molecular flexibility index (Phi) is 4.00. The van der Waals surface area contributed by atoms with Crippen LogP contribution in [0.3, 0.4) is 0 Å². The number of nitrogens with two attached hydrogens (primary N) is 1. The highest BCUT2D eigenvalue weighted by molar-refractivity contribution is 5.91. The number of hydrogen-bond acceptors (Lipinski definition) is 5. The molecule has 3 N–H and O–H groups in total. The van der Waals surface area contributed by atoms with Crippen LogP contribution in [0.25, 0.3) is 0 Å². The molecule has 0 atom stereocenters. The molecule has 0 saturated carbocycles. The highest BCUT2D eigenvalue weighted by Crippen LogP contribution is 2.30. The molecule has 0 aliphatic carbocycles. The topological polar surface area (TPSA) is 127 Å². The molecule has 0 fully saturated rings. The zero-order chi connectivity index (χ0) is 14.7. The number of carboxylic acid groups (broad SMARTS) is 1. The average molecular weight is 271 g/mol. The molecular weight excluding hydrogens is 261 g/mol. The number of rotatable bonds is 5. The lowest BCUT2D eigenvalue weighted by molar-refractivity contribution is -0.384. The summed E-state index contributed by atoms with van der Waals surface area (Å²) in [5, 5.41) is 19.6. The smallest absolute Gasteiger partial charge is 0.338 e. The van der Waals surface area contributed by atoms with E-state index in [2.05, 4.69) is 0 Å². The van der Waals surface area contributed by atoms with Gasteiger partial charge in [-0.2, -0.15) is 0 Å². The first-order valence-corrected chi connectivity index (χ1v) is 4.94. The van der Waals surface area contributed by atoms with E-state index in [1.807, 2.05) is 0 Å². The molecule has 0 aromatic heterocycles. The highest BCUT2D eigenvalue weighted by Gasteiger charge is 2.24. The number of carboxylic acids is 1. The fourth-order valence-corrected chi connectivity index (χ4v) is 1.49. The van der Waals surface area contributed by atoms with Crippen LogP contribution in [0.2, 0.25) is 0 Å². The Balaban J connectivity index is 3.41. The zero-order valence-corrected chi connectivity index (χ0v) is 9.79. The Morgan fingerprint density at radius 1 is 1.53 bits per heavy atom. The van der Waals surface area contributed by atoms with Crippen LogP contribution in [0.1, 0.15) is 10.4 Å². The number of hydrogen-bond donors (Lipinski definition) is 2. The van der Waals surface area contributed by atoms with E-state index in [1.165, 1.54) is 7.05 Å². The number of amides is 1. The summed E-state index contributed by atoms with van der Waals surface area (Å²) in [7, 11) is 1.30. The molecule has 1 aromatic rings. The molecule has 0 unspecified atom stereocenters. The van der Waals surface area contributed by atoms with E-state index >= 15 is 0 Å². The van der Waals surface area contributed by atoms with Crippen LogP contribution in [0.5, 0.6) is 0 Å². The molecule has 0 spiro atoms. The molecule has 0 radical (unpaired) electrons. The van der Waals surface area contributed by atoms with Gasteiger partial charge in [-0.3, -0.25) is 14.9 Å². The van der Waals surface area contributed by atoms with Gasteiger partial charge in [0.25, 0.3) is 5.69 Å². The fourth-order valence-electron chi connectivity index (χ4n) is 1.49. The number of benzene rings is 1. The van der Waals surface area contributed by atoms with Gasteiger partial charge < -0.3 is 15.7 Å². The van der Waals surface area contributed by atoms with Crippen LogP contribution >= 0.6 is 0 Å². The minimum absolute atomic E-state index is 0.206. The van der Waals surface area contributed by atoms with Gasteiger partial charge in [-0.05, 0) is 6.07 Å². The van der Waals surface area contributed by atoms with Gasteiger partial charge in [-0.15, -0.1) is 0 Å². The van der Waals surface area contributed by atoms with Gasteiger partial charge in [0.15, 0.2) is 0 Å². The van der Waals surface area contributed by atoms with Crippen molar-refractivity contribution >= 4 is 23.3 Å². The summed E-state index contributed by atoms with van der Waals surface area (Å²) in [5.41, 5.74) is 3.37. The first-order valence-electron chi connectivity index (χ1n) is 4.94. The van der Waals surface area contributed by atoms with Gasteiger partial charge in [0.05, 0.1) is 23.1 Å². The largest absolute Gasteiger partial charge is 0.478 e. The van der Waals surface area contributed by atoms with Crippen molar-refractivity contribution in [2.75, 3.05) is 18.5 Å². The van der Waals surface area contributed by atoms with E-state index in [1.54, 1.807) is 0 Å². The predicted octanol–water partition coefficient (Wildman–Crippen LogP) is 0.354. The SMILES string of the molecule is CN(CC(N)=O)c1cc(C(=O)O)c(F)cc1[N+](=O)[O-]. The van der Waals surface area contributed by atoms with Crippen molar-refractivity contribution in [3.63, 3.8) is 0 Å². The van der Waals surface area contributed by atoms with Crippen LogP contribution < -0.4 is 10.6 Å². The number of carbonyl (C=O) groups is 2. The Hall–Kier alpha value is -2.71. The molecule has 8 nitrogen and oxygen atoms in total. The number of nitro benzene ring substituents is 1. The number of carbonyl (C=O) groups excluding carboxylic acids is 1. The molecule has 0 bridgehead atoms. The molecule has 1 rings (SSSR count). The first kappa shape index (κ1) is 14.4. The Morgan fingerprint density at radius 2 is 2.11 bits per heavy atom. The molecular formula is C10H10FN3O5. The lowest BCUT2D eigenvalue weighted by atomic mass is 10.1. The first-order chi connectivity index (χ1) is 8.73. The third-order valence-electron chi connectivity index (χ3n) is 2.30. The molecule has 102 valence electrons. The molecule has 1 amide bonds. The molecule has 1 aromatic carbocycles. The van der Waals surface area contributed by atoms with Crippen LogP contribution in [0.4, 0.5) is 15.8 Å². The van der Waals surface area contributed by atoms with E-state index in [0.29, 0.717) is 6.07 Å². The van der Waals surface area contributed by atoms with Crippen LogP contribution in [-0.4, -0.2) is 35.5 Å². The molecule has 0 heterocycles. The van der Waals surface area contributed by atoms with Crippen molar-refractivity contribution in [2.45, 2.75) is 0 Å². The van der Waals surface area contributed by atoms with E-state index in [4.69, 9.17) is 10.8 Å². The van der Waals surface area contributed by atoms with Crippen molar-refractivity contribution in [3.8, 4) is 0 Å². The minimum atomic E-state index is -1.57. The predicted molar refractivity (Wildman–Crippen MR) is 62.5 cm³/mol. The Bertz CT molecular complexity index is 560. The summed E-state index contributed by atoms with van der Waals surface area (Å²) >= 11 is 0. The maximum Gasteiger partial charge on any atom is 0.338 e. The standard InChI is InChI=1S/C10H10FN3O5/c1-13(4-9(12)15)7-2-5(10(16)17)6(11)3-8(7)14(18)19/h2-3H,4H2,1H3,(H2,12,15)(H,16,17). The lowest BCUT2D eigenvalue weighted by Gasteiger charge is -2.17. The second-order valence-electron chi connectivity index (χ2n) is 3.71. The Morgan fingerprint density at radius 3 is 2.53 bits per heavy atom. The number of primary amides is 1. The minimum Gasteiger partial charge on any atom is -0.478 e. The number of likely N-dealkylation sites (N-methyl/N-ethyl adjacent to an activating group) is 1. The summed E-state index contributed by atoms with van der Waals surface area (Å²) in [6.07, 6.45) is 0. The summed E-state index contributed by atoms with van der Waals surface area (Å²) < 4.78 is 13.4. The van der Waals surface area contributed by atoms with Gasteiger partial charge >= 0.3 is 5.97 Å². The van der Waals surface area contributed by atoms with Crippen LogP contribution in [0.15, 0.2) is 12.1 Å². The van der Waals surface area contributed by atoms with Gasteiger partial charge in [-0.1, -0.05) is 0 Å². The summed E-state index contributed by atoms with van der Waals surface area (Å²) in [6, 6.07) is 1.29. The Labute approximate surface area is 106 Å². The van der Waals surface area contributed by atoms with Crippen molar-refractivity contribution < 1.29 is 24.0 Å². The normalized spacial score (nSPS) is 10.0. The van der Waals surface area contributed by atoms with E-state index in [-0.39, 0.29) is 12.2 Å². The van der Waals surface area contributed by atoms with E-state index in [9.17, 15) is 24.1 Å². The second-order valence-corrected chi connectivity index (χ2v) is 3.71. The monoisotopic (exact) mass is 271 g/mol. The van der Waals surface area contributed by atoms with Crippen molar-refractivity contribution in [3.05, 3.63) is 33.6 Å². The van der Waals surface area contributed by atoms with Crippen LogP contribution in [-0.2, 0) is 4.79 Å². The fraction of sp³-hybridized carbons (Fsp3) is 0.200. The third-order valence-corrected chi connectivity index (χ3v) is 2.30. The van der Waals surface area contributed by atoms with Crippen LogP contribution in [0, 0.1) is 15.9 Å². The molecule has 0 aliphatic heterocycles. The number of nitrogens with zero attached hydrogens (tertiary/aromatic N) is 2. The van der Waals surface area contributed by atoms with E-state index in [0.717, 1.165) is 11.0 Å². The van der Waals surface area contributed by atoms with Gasteiger partial charge in [0, 0.05) is 7.05 Å². The average Bonchev–Trinajstić information content (AvgIpc) is 2.26. The zero-order valence-electron chi connectivity index (χ0n) is 9.79. The van der Waals surface area contributed by atoms with Crippen molar-refractivity contribution in [2.24, 2.45) is 5.73 Å². The van der Waals surface area contributed by atoms with Gasteiger partial charge in [0.1, 0.15) is 11.5 Å². The summed E-state index contributed by atoms with van der Waals surface area (Å²) in [4.78, 5) is 32.5. The maximum atomic E-state index is 13.4. The van der Waals surface area contributed by atoms with Gasteiger partial charge in [0.2, 0.25) is 5.91 Å². The third kappa shape index (κ3) is 3.15. The van der Waals surface area contributed by atoms with Crippen molar-refractivity contribution in [1.82, 2.24) is 0 Å². The number of nitro groups is 1. The summed E-state index contributed by atoms with van der Waals surface area (Å²) in [5.74, 6) is -3.56. The van der Waals surface area contributed by atoms with Crippen molar-refractivity contribution in [1.29, 1.82) is 0 Å². The molecule has 0 saturated heterocycles. The quantitative estimate of drug-likeness (QED) is 0.587. The number of aromatic carboxylic acids is 1. The highest BCUT2D eigenvalue weighted by atomic mass is 19.1. The molecule has 9 heteroatoms. The summed E-state index contributed by atoms with van der Waals surface area (Å²) in [6.45, 7) is -0.370. The molecule has 19 heavy (non-hydrogen) atoms. The number of anilines is 1.